The third-order valence-corrected chi connectivity index (χ3v) is 4.94. The van der Waals surface area contributed by atoms with Gasteiger partial charge in [-0.2, -0.15) is 0 Å². The van der Waals surface area contributed by atoms with E-state index in [1.807, 2.05) is 6.92 Å². The van der Waals surface area contributed by atoms with Crippen molar-refractivity contribution in [1.82, 2.24) is 4.72 Å². The number of nitrogens with one attached hydrogen (secondary N) is 1. The molecule has 0 amide bonds. The van der Waals surface area contributed by atoms with Crippen molar-refractivity contribution < 1.29 is 27.1 Å². The van der Waals surface area contributed by atoms with Gasteiger partial charge < -0.3 is 4.74 Å². The van der Waals surface area contributed by atoms with Crippen LogP contribution < -0.4 is 4.72 Å². The lowest BCUT2D eigenvalue weighted by Gasteiger charge is -2.07. The summed E-state index contributed by atoms with van der Waals surface area (Å²) in [5.41, 5.74) is 1.02. The third-order valence-electron chi connectivity index (χ3n) is 3.46. The number of sulfonamides is 1. The van der Waals surface area contributed by atoms with Crippen LogP contribution >= 0.6 is 0 Å². The minimum Gasteiger partial charge on any atom is -0.457 e. The summed E-state index contributed by atoms with van der Waals surface area (Å²) >= 11 is 0. The number of ketones is 1. The number of carbonyl (C=O) groups is 2. The molecule has 0 aliphatic carbocycles. The molecule has 8 heteroatoms. The van der Waals surface area contributed by atoms with Crippen LogP contribution in [0.25, 0.3) is 0 Å². The summed E-state index contributed by atoms with van der Waals surface area (Å²) in [5, 5.41) is 0. The van der Waals surface area contributed by atoms with Crippen molar-refractivity contribution in [3.63, 3.8) is 0 Å². The molecule has 0 bridgehead atoms. The largest absolute Gasteiger partial charge is 0.457 e. The van der Waals surface area contributed by atoms with E-state index in [1.165, 1.54) is 30.3 Å². The van der Waals surface area contributed by atoms with E-state index in [9.17, 15) is 22.4 Å². The molecule has 0 aromatic heterocycles. The molecule has 2 rings (SSSR count). The lowest BCUT2D eigenvalue weighted by molar-refractivity contribution is -0.142. The van der Waals surface area contributed by atoms with E-state index in [0.29, 0.717) is 0 Å². The number of hydrogen-bond acceptors (Lipinski definition) is 5. The van der Waals surface area contributed by atoms with Crippen LogP contribution in [0.15, 0.2) is 53.4 Å². The zero-order chi connectivity index (χ0) is 19.2. The molecule has 2 aromatic rings. The zero-order valence-electron chi connectivity index (χ0n) is 14.1. The highest BCUT2D eigenvalue weighted by molar-refractivity contribution is 7.89. The number of rotatable bonds is 8. The Morgan fingerprint density at radius 2 is 1.81 bits per heavy atom. The predicted octanol–water partition coefficient (Wildman–Crippen LogP) is 2.23. The van der Waals surface area contributed by atoms with Gasteiger partial charge in [0.1, 0.15) is 5.82 Å². The molecule has 26 heavy (non-hydrogen) atoms. The molecule has 6 nitrogen and oxygen atoms in total. The molecule has 0 radical (unpaired) electrons. The van der Waals surface area contributed by atoms with Gasteiger partial charge in [-0.15, -0.1) is 0 Å². The number of aryl methyl sites for hydroxylation is 1. The lowest BCUT2D eigenvalue weighted by atomic mass is 10.1. The smallest absolute Gasteiger partial charge is 0.307 e. The Morgan fingerprint density at radius 3 is 2.46 bits per heavy atom. The molecule has 0 heterocycles. The summed E-state index contributed by atoms with van der Waals surface area (Å²) in [7, 11) is -3.72. The second kappa shape index (κ2) is 8.68. The molecule has 0 atom stereocenters. The standard InChI is InChI=1S/C18H18FNO5S/c1-13-5-7-16(8-6-13)26(23,24)20-10-9-18(22)25-12-17(21)14-3-2-4-15(19)11-14/h2-8,11,20H,9-10,12H2,1H3. The van der Waals surface area contributed by atoms with Gasteiger partial charge in [0.15, 0.2) is 12.4 Å². The predicted molar refractivity (Wildman–Crippen MR) is 92.7 cm³/mol. The molecule has 1 N–H and O–H groups in total. The number of halogens is 1. The molecule has 2 aromatic carbocycles. The van der Waals surface area contributed by atoms with Crippen LogP contribution in [0.4, 0.5) is 4.39 Å². The monoisotopic (exact) mass is 379 g/mol. The molecule has 138 valence electrons. The molecule has 0 fully saturated rings. The fraction of sp³-hybridized carbons (Fsp3) is 0.222. The Labute approximate surface area is 151 Å². The number of esters is 1. The molecule has 0 unspecified atom stereocenters. The molecular weight excluding hydrogens is 361 g/mol. The molecule has 0 saturated carbocycles. The summed E-state index contributed by atoms with van der Waals surface area (Å²) in [4.78, 5) is 23.5. The Balaban J connectivity index is 1.78. The van der Waals surface area contributed by atoms with Crippen LogP contribution in [-0.2, 0) is 19.6 Å². The highest BCUT2D eigenvalue weighted by Crippen LogP contribution is 2.10. The van der Waals surface area contributed by atoms with Crippen molar-refractivity contribution in [2.24, 2.45) is 0 Å². The first kappa shape index (κ1) is 19.7. The molecule has 0 aliphatic heterocycles. The quantitative estimate of drug-likeness (QED) is 0.561. The summed E-state index contributed by atoms with van der Waals surface area (Å²) in [6, 6.07) is 11.3. The van der Waals surface area contributed by atoms with Gasteiger partial charge in [-0.05, 0) is 31.2 Å². The minimum atomic E-state index is -3.72. The lowest BCUT2D eigenvalue weighted by Crippen LogP contribution is -2.27. The fourth-order valence-electron chi connectivity index (χ4n) is 2.05. The van der Waals surface area contributed by atoms with Crippen molar-refractivity contribution in [2.75, 3.05) is 13.2 Å². The molecule has 0 aliphatic rings. The van der Waals surface area contributed by atoms with E-state index in [0.717, 1.165) is 11.6 Å². The highest BCUT2D eigenvalue weighted by Gasteiger charge is 2.15. The average Bonchev–Trinajstić information content (AvgIpc) is 2.60. The van der Waals surface area contributed by atoms with Gasteiger partial charge >= 0.3 is 5.97 Å². The van der Waals surface area contributed by atoms with Gasteiger partial charge in [-0.25, -0.2) is 17.5 Å². The van der Waals surface area contributed by atoms with Crippen molar-refractivity contribution in [3.8, 4) is 0 Å². The number of hydrogen-bond donors (Lipinski definition) is 1. The van der Waals surface area contributed by atoms with Crippen LogP contribution in [0.3, 0.4) is 0 Å². The molecular formula is C18H18FNO5S. The summed E-state index contributed by atoms with van der Waals surface area (Å²) in [6.45, 7) is 1.14. The summed E-state index contributed by atoms with van der Waals surface area (Å²) < 4.78 is 44.2. The van der Waals surface area contributed by atoms with Crippen LogP contribution in [-0.4, -0.2) is 33.3 Å². The van der Waals surface area contributed by atoms with Crippen molar-refractivity contribution >= 4 is 21.8 Å². The van der Waals surface area contributed by atoms with Crippen LogP contribution in [0.5, 0.6) is 0 Å². The Bertz CT molecular complexity index is 894. The van der Waals surface area contributed by atoms with Crippen LogP contribution in [0.1, 0.15) is 22.3 Å². The van der Waals surface area contributed by atoms with Crippen LogP contribution in [0, 0.1) is 12.7 Å². The normalized spacial score (nSPS) is 11.2. The van der Waals surface area contributed by atoms with Crippen molar-refractivity contribution in [1.29, 1.82) is 0 Å². The van der Waals surface area contributed by atoms with Gasteiger partial charge in [0.2, 0.25) is 10.0 Å². The number of ether oxygens (including phenoxy) is 1. The number of carbonyl (C=O) groups excluding carboxylic acids is 2. The van der Waals surface area contributed by atoms with Gasteiger partial charge in [-0.3, -0.25) is 9.59 Å². The van der Waals surface area contributed by atoms with E-state index < -0.39 is 34.2 Å². The zero-order valence-corrected chi connectivity index (χ0v) is 14.9. The van der Waals surface area contributed by atoms with Crippen LogP contribution in [0.2, 0.25) is 0 Å². The Kier molecular flexibility index (Phi) is 6.59. The van der Waals surface area contributed by atoms with Gasteiger partial charge in [0.25, 0.3) is 0 Å². The first-order valence-corrected chi connectivity index (χ1v) is 9.27. The van der Waals surface area contributed by atoms with E-state index in [-0.39, 0.29) is 23.4 Å². The van der Waals surface area contributed by atoms with Gasteiger partial charge in [0.05, 0.1) is 11.3 Å². The second-order valence-corrected chi connectivity index (χ2v) is 7.32. The number of benzene rings is 2. The van der Waals surface area contributed by atoms with Gasteiger partial charge in [0, 0.05) is 12.1 Å². The summed E-state index contributed by atoms with van der Waals surface area (Å²) in [6.07, 6.45) is -0.235. The van der Waals surface area contributed by atoms with E-state index in [2.05, 4.69) is 4.72 Å². The maximum atomic E-state index is 13.0. The van der Waals surface area contributed by atoms with E-state index in [4.69, 9.17) is 4.74 Å². The Hall–Kier alpha value is -2.58. The van der Waals surface area contributed by atoms with Crippen molar-refractivity contribution in [2.45, 2.75) is 18.2 Å². The highest BCUT2D eigenvalue weighted by atomic mass is 32.2. The van der Waals surface area contributed by atoms with Gasteiger partial charge in [-0.1, -0.05) is 29.8 Å². The summed E-state index contributed by atoms with van der Waals surface area (Å²) in [5.74, 6) is -1.84. The van der Waals surface area contributed by atoms with Crippen molar-refractivity contribution in [3.05, 3.63) is 65.5 Å². The number of Topliss-reactive ketones (excluding diaryl/α,β-unsaturated/α-hetero) is 1. The minimum absolute atomic E-state index is 0.0951. The SMILES string of the molecule is Cc1ccc(S(=O)(=O)NCCC(=O)OCC(=O)c2cccc(F)c2)cc1. The van der Waals surface area contributed by atoms with E-state index in [1.54, 1.807) is 12.1 Å². The Morgan fingerprint density at radius 1 is 1.12 bits per heavy atom. The maximum absolute atomic E-state index is 13.0. The second-order valence-electron chi connectivity index (χ2n) is 5.56. The third kappa shape index (κ3) is 5.75. The molecule has 0 spiro atoms. The molecule has 0 saturated heterocycles. The topological polar surface area (TPSA) is 89.5 Å². The average molecular weight is 379 g/mol. The van der Waals surface area contributed by atoms with E-state index >= 15 is 0 Å². The first-order chi connectivity index (χ1) is 12.3. The fourth-order valence-corrected chi connectivity index (χ4v) is 3.08. The maximum Gasteiger partial charge on any atom is 0.307 e. The first-order valence-electron chi connectivity index (χ1n) is 7.79.